The lowest BCUT2D eigenvalue weighted by Gasteiger charge is -2.25. The van der Waals surface area contributed by atoms with E-state index in [4.69, 9.17) is 0 Å². The standard InChI is InChI=1S/C13H12N2O/c16-13(11-6-14-7-11)10-5-9-3-1-2-4-12(9)15-8-10/h1-5,8,11,14H,6-7H2. The normalized spacial score (nSPS) is 16.0. The average molecular weight is 212 g/mol. The van der Waals surface area contributed by atoms with Gasteiger partial charge in [-0.15, -0.1) is 0 Å². The number of ketones is 1. The second kappa shape index (κ2) is 3.68. The van der Waals surface area contributed by atoms with Crippen molar-refractivity contribution in [1.29, 1.82) is 0 Å². The molecular formula is C13H12N2O. The molecule has 1 N–H and O–H groups in total. The molecule has 16 heavy (non-hydrogen) atoms. The monoisotopic (exact) mass is 212 g/mol. The Balaban J connectivity index is 2.01. The SMILES string of the molecule is O=C(c1cnc2ccccc2c1)C1CNC1. The van der Waals surface area contributed by atoms with E-state index in [2.05, 4.69) is 10.3 Å². The molecule has 1 aromatic heterocycles. The molecule has 1 saturated heterocycles. The van der Waals surface area contributed by atoms with Crippen LogP contribution in [0, 0.1) is 5.92 Å². The summed E-state index contributed by atoms with van der Waals surface area (Å²) >= 11 is 0. The van der Waals surface area contributed by atoms with Crippen LogP contribution in [0.5, 0.6) is 0 Å². The van der Waals surface area contributed by atoms with E-state index in [1.54, 1.807) is 6.20 Å². The van der Waals surface area contributed by atoms with E-state index in [1.165, 1.54) is 0 Å². The molecule has 0 radical (unpaired) electrons. The first kappa shape index (κ1) is 9.48. The topological polar surface area (TPSA) is 42.0 Å². The van der Waals surface area contributed by atoms with Crippen LogP contribution in [-0.4, -0.2) is 23.9 Å². The molecule has 0 bridgehead atoms. The number of nitrogens with zero attached hydrogens (tertiary/aromatic N) is 1. The number of rotatable bonds is 2. The molecule has 1 aliphatic heterocycles. The summed E-state index contributed by atoms with van der Waals surface area (Å²) < 4.78 is 0. The molecular weight excluding hydrogens is 200 g/mol. The van der Waals surface area contributed by atoms with Gasteiger partial charge < -0.3 is 5.32 Å². The number of hydrogen-bond acceptors (Lipinski definition) is 3. The smallest absolute Gasteiger partial charge is 0.170 e. The van der Waals surface area contributed by atoms with Crippen LogP contribution >= 0.6 is 0 Å². The molecule has 1 fully saturated rings. The van der Waals surface area contributed by atoms with E-state index < -0.39 is 0 Å². The average Bonchev–Trinajstić information content (AvgIpc) is 2.26. The van der Waals surface area contributed by atoms with Crippen molar-refractivity contribution in [3.63, 3.8) is 0 Å². The zero-order chi connectivity index (χ0) is 11.0. The van der Waals surface area contributed by atoms with Crippen molar-refractivity contribution in [3.05, 3.63) is 42.1 Å². The third-order valence-electron chi connectivity index (χ3n) is 3.03. The van der Waals surface area contributed by atoms with Gasteiger partial charge in [0, 0.05) is 36.2 Å². The maximum atomic E-state index is 12.0. The molecule has 0 spiro atoms. The molecule has 3 nitrogen and oxygen atoms in total. The maximum Gasteiger partial charge on any atom is 0.170 e. The molecule has 2 heterocycles. The fraction of sp³-hybridized carbons (Fsp3) is 0.231. The molecule has 0 saturated carbocycles. The fourth-order valence-electron chi connectivity index (χ4n) is 1.92. The highest BCUT2D eigenvalue weighted by Gasteiger charge is 2.26. The van der Waals surface area contributed by atoms with Crippen molar-refractivity contribution < 1.29 is 4.79 Å². The van der Waals surface area contributed by atoms with Gasteiger partial charge in [0.25, 0.3) is 0 Å². The number of pyridine rings is 1. The largest absolute Gasteiger partial charge is 0.315 e. The van der Waals surface area contributed by atoms with Gasteiger partial charge >= 0.3 is 0 Å². The van der Waals surface area contributed by atoms with Crippen LogP contribution in [0.1, 0.15) is 10.4 Å². The van der Waals surface area contributed by atoms with Gasteiger partial charge in [-0.05, 0) is 12.1 Å². The van der Waals surface area contributed by atoms with E-state index in [0.717, 1.165) is 29.6 Å². The van der Waals surface area contributed by atoms with E-state index in [1.807, 2.05) is 30.3 Å². The van der Waals surface area contributed by atoms with Crippen molar-refractivity contribution in [1.82, 2.24) is 10.3 Å². The Morgan fingerprint density at radius 1 is 1.31 bits per heavy atom. The number of Topliss-reactive ketones (excluding diaryl/α,β-unsaturated/α-hetero) is 1. The van der Waals surface area contributed by atoms with Crippen molar-refractivity contribution in [2.45, 2.75) is 0 Å². The van der Waals surface area contributed by atoms with Crippen LogP contribution in [0.3, 0.4) is 0 Å². The molecule has 2 aromatic rings. The predicted molar refractivity (Wildman–Crippen MR) is 62.4 cm³/mol. The molecule has 3 heteroatoms. The zero-order valence-corrected chi connectivity index (χ0v) is 8.81. The Labute approximate surface area is 93.5 Å². The highest BCUT2D eigenvalue weighted by atomic mass is 16.1. The van der Waals surface area contributed by atoms with E-state index >= 15 is 0 Å². The number of carbonyl (C=O) groups is 1. The summed E-state index contributed by atoms with van der Waals surface area (Å²) in [6.45, 7) is 1.59. The van der Waals surface area contributed by atoms with Gasteiger partial charge in [0.1, 0.15) is 0 Å². The summed E-state index contributed by atoms with van der Waals surface area (Å²) in [7, 11) is 0. The first-order chi connectivity index (χ1) is 7.84. The van der Waals surface area contributed by atoms with Crippen LogP contribution in [0.4, 0.5) is 0 Å². The van der Waals surface area contributed by atoms with Crippen molar-refractivity contribution in [3.8, 4) is 0 Å². The van der Waals surface area contributed by atoms with Crippen LogP contribution in [0.25, 0.3) is 10.9 Å². The lowest BCUT2D eigenvalue weighted by molar-refractivity contribution is 0.0878. The quantitative estimate of drug-likeness (QED) is 0.769. The van der Waals surface area contributed by atoms with E-state index in [9.17, 15) is 4.79 Å². The number of para-hydroxylation sites is 1. The van der Waals surface area contributed by atoms with Crippen molar-refractivity contribution >= 4 is 16.7 Å². The summed E-state index contributed by atoms with van der Waals surface area (Å²) in [6, 6.07) is 9.78. The molecule has 0 atom stereocenters. The van der Waals surface area contributed by atoms with Gasteiger partial charge in [-0.3, -0.25) is 9.78 Å². The summed E-state index contributed by atoms with van der Waals surface area (Å²) in [5.41, 5.74) is 1.66. The van der Waals surface area contributed by atoms with Gasteiger partial charge in [-0.1, -0.05) is 18.2 Å². The lowest BCUT2D eigenvalue weighted by Crippen LogP contribution is -2.46. The molecule has 0 amide bonds. The van der Waals surface area contributed by atoms with Gasteiger partial charge in [0.15, 0.2) is 5.78 Å². The van der Waals surface area contributed by atoms with E-state index in [-0.39, 0.29) is 11.7 Å². The zero-order valence-electron chi connectivity index (χ0n) is 8.81. The minimum Gasteiger partial charge on any atom is -0.315 e. The molecule has 1 aliphatic rings. The van der Waals surface area contributed by atoms with Gasteiger partial charge in [0.05, 0.1) is 5.52 Å². The number of carbonyl (C=O) groups excluding carboxylic acids is 1. The maximum absolute atomic E-state index is 12.0. The number of hydrogen-bond donors (Lipinski definition) is 1. The van der Waals surface area contributed by atoms with Crippen LogP contribution in [0.2, 0.25) is 0 Å². The number of nitrogens with one attached hydrogen (secondary N) is 1. The third kappa shape index (κ3) is 1.49. The van der Waals surface area contributed by atoms with Gasteiger partial charge in [-0.25, -0.2) is 0 Å². The van der Waals surface area contributed by atoms with Crippen LogP contribution in [-0.2, 0) is 0 Å². The third-order valence-corrected chi connectivity index (χ3v) is 3.03. The second-order valence-electron chi connectivity index (χ2n) is 4.14. The first-order valence-electron chi connectivity index (χ1n) is 5.44. The molecule has 3 rings (SSSR count). The molecule has 1 aromatic carbocycles. The Kier molecular flexibility index (Phi) is 2.18. The summed E-state index contributed by atoms with van der Waals surface area (Å²) in [5.74, 6) is 0.347. The second-order valence-corrected chi connectivity index (χ2v) is 4.14. The summed E-state index contributed by atoms with van der Waals surface area (Å²) in [5, 5.41) is 4.14. The molecule has 80 valence electrons. The van der Waals surface area contributed by atoms with Crippen LogP contribution in [0.15, 0.2) is 36.5 Å². The molecule has 0 unspecified atom stereocenters. The molecule has 0 aliphatic carbocycles. The summed E-state index contributed by atoms with van der Waals surface area (Å²) in [6.07, 6.45) is 1.68. The number of aromatic nitrogens is 1. The Morgan fingerprint density at radius 3 is 2.88 bits per heavy atom. The van der Waals surface area contributed by atoms with Crippen molar-refractivity contribution in [2.75, 3.05) is 13.1 Å². The predicted octanol–water partition coefficient (Wildman–Crippen LogP) is 1.64. The van der Waals surface area contributed by atoms with Crippen molar-refractivity contribution in [2.24, 2.45) is 5.92 Å². The lowest BCUT2D eigenvalue weighted by atomic mass is 9.93. The Morgan fingerprint density at radius 2 is 2.12 bits per heavy atom. The minimum absolute atomic E-state index is 0.142. The van der Waals surface area contributed by atoms with Gasteiger partial charge in [-0.2, -0.15) is 0 Å². The Hall–Kier alpha value is -1.74. The fourth-order valence-corrected chi connectivity index (χ4v) is 1.92. The first-order valence-corrected chi connectivity index (χ1v) is 5.44. The highest BCUT2D eigenvalue weighted by molar-refractivity contribution is 6.00. The minimum atomic E-state index is 0.142. The number of benzene rings is 1. The Bertz CT molecular complexity index is 546. The summed E-state index contributed by atoms with van der Waals surface area (Å²) in [4.78, 5) is 16.3. The van der Waals surface area contributed by atoms with E-state index in [0.29, 0.717) is 0 Å². The number of fused-ring (bicyclic) bond motifs is 1. The van der Waals surface area contributed by atoms with Crippen LogP contribution < -0.4 is 5.32 Å². The van der Waals surface area contributed by atoms with Gasteiger partial charge in [0.2, 0.25) is 0 Å². The highest BCUT2D eigenvalue weighted by Crippen LogP contribution is 2.17.